The lowest BCUT2D eigenvalue weighted by Crippen LogP contribution is -2.54. The summed E-state index contributed by atoms with van der Waals surface area (Å²) in [4.78, 5) is 39.3. The molecule has 0 bridgehead atoms. The molecule has 3 aromatic carbocycles. The molecule has 0 aromatic heterocycles. The van der Waals surface area contributed by atoms with Gasteiger partial charge in [-0.15, -0.1) is 11.8 Å². The molecule has 7 nitrogen and oxygen atoms in total. The smallest absolute Gasteiger partial charge is 0.269 e. The van der Waals surface area contributed by atoms with Crippen molar-refractivity contribution in [1.29, 1.82) is 0 Å². The lowest BCUT2D eigenvalue weighted by molar-refractivity contribution is -0.384. The molecule has 0 heterocycles. The Kier molecular flexibility index (Phi) is 10.3. The average Bonchev–Trinajstić information content (AvgIpc) is 2.87. The highest BCUT2D eigenvalue weighted by Gasteiger charge is 2.32. The molecule has 38 heavy (non-hydrogen) atoms. The Bertz CT molecular complexity index is 1230. The van der Waals surface area contributed by atoms with Gasteiger partial charge in [0.1, 0.15) is 6.04 Å². The summed E-state index contributed by atoms with van der Waals surface area (Å²) < 4.78 is 0. The summed E-state index contributed by atoms with van der Waals surface area (Å²) in [6.07, 6.45) is 0.370. The van der Waals surface area contributed by atoms with Crippen LogP contribution in [0.1, 0.15) is 37.5 Å². The number of amides is 2. The Hall–Kier alpha value is -3.36. The van der Waals surface area contributed by atoms with E-state index in [1.807, 2.05) is 63.2 Å². The van der Waals surface area contributed by atoms with Gasteiger partial charge in [-0.2, -0.15) is 0 Å². The molecule has 0 fully saturated rings. The van der Waals surface area contributed by atoms with Gasteiger partial charge in [0.25, 0.3) is 5.69 Å². The predicted molar refractivity (Wildman–Crippen MR) is 153 cm³/mol. The first kappa shape index (κ1) is 29.2. The first-order valence-corrected chi connectivity index (χ1v) is 13.8. The number of non-ortho nitro benzene ring substituents is 1. The molecule has 0 spiro atoms. The lowest BCUT2D eigenvalue weighted by Gasteiger charge is -2.34. The zero-order valence-electron chi connectivity index (χ0n) is 21.7. The predicted octanol–water partition coefficient (Wildman–Crippen LogP) is 6.04. The molecule has 200 valence electrons. The molecule has 1 N–H and O–H groups in total. The van der Waals surface area contributed by atoms with E-state index < -0.39 is 16.5 Å². The van der Waals surface area contributed by atoms with E-state index in [2.05, 4.69) is 5.32 Å². The normalized spacial score (nSPS) is 12.0. The van der Waals surface area contributed by atoms with Crippen molar-refractivity contribution in [3.63, 3.8) is 0 Å². The Balaban J connectivity index is 1.83. The monoisotopic (exact) mass is 553 g/mol. The molecule has 0 radical (unpaired) electrons. The van der Waals surface area contributed by atoms with Crippen LogP contribution in [0.2, 0.25) is 5.02 Å². The first-order chi connectivity index (χ1) is 18.0. The minimum atomic E-state index is -0.722. The van der Waals surface area contributed by atoms with Gasteiger partial charge in [0, 0.05) is 41.4 Å². The van der Waals surface area contributed by atoms with Gasteiger partial charge in [-0.1, -0.05) is 66.2 Å². The summed E-state index contributed by atoms with van der Waals surface area (Å²) >= 11 is 7.48. The summed E-state index contributed by atoms with van der Waals surface area (Å²) in [6.45, 7) is 5.99. The van der Waals surface area contributed by atoms with Crippen LogP contribution in [0.5, 0.6) is 0 Å². The third kappa shape index (κ3) is 9.19. The molecular formula is C29H32ClN3O4S. The van der Waals surface area contributed by atoms with Gasteiger partial charge in [0.15, 0.2) is 0 Å². The number of nitro benzene ring substituents is 1. The molecule has 0 aliphatic rings. The molecule has 9 heteroatoms. The molecule has 0 aliphatic heterocycles. The molecule has 0 aliphatic carbocycles. The van der Waals surface area contributed by atoms with E-state index in [1.54, 1.807) is 29.2 Å². The number of rotatable bonds is 11. The Morgan fingerprint density at radius 1 is 0.947 bits per heavy atom. The summed E-state index contributed by atoms with van der Waals surface area (Å²) in [6, 6.07) is 22.5. The standard InChI is InChI=1S/C29H32ClN3O4S/c1-29(2,3)31-28(35)26(17-21-7-5-4-6-8-21)32(18-22-9-13-24(30)14-10-22)27(34)20-38-19-23-11-15-25(16-12-23)33(36)37/h4-16,26H,17-20H2,1-3H3,(H,31,35). The second-order valence-corrected chi connectivity index (χ2v) is 11.4. The van der Waals surface area contributed by atoms with Gasteiger partial charge in [0.05, 0.1) is 10.7 Å². The lowest BCUT2D eigenvalue weighted by atomic mass is 10.0. The zero-order valence-corrected chi connectivity index (χ0v) is 23.3. The molecule has 2 amide bonds. The highest BCUT2D eigenvalue weighted by molar-refractivity contribution is 7.99. The fraction of sp³-hybridized carbons (Fsp3) is 0.310. The molecule has 1 atom stereocenters. The summed E-state index contributed by atoms with van der Waals surface area (Å²) in [5, 5.41) is 14.6. The number of halogens is 1. The van der Waals surface area contributed by atoms with E-state index in [0.717, 1.165) is 16.7 Å². The van der Waals surface area contributed by atoms with Crippen LogP contribution >= 0.6 is 23.4 Å². The van der Waals surface area contributed by atoms with E-state index in [0.29, 0.717) is 17.2 Å². The van der Waals surface area contributed by atoms with Crippen molar-refractivity contribution in [2.75, 3.05) is 5.75 Å². The van der Waals surface area contributed by atoms with Gasteiger partial charge < -0.3 is 10.2 Å². The zero-order chi connectivity index (χ0) is 27.7. The number of nitrogens with one attached hydrogen (secondary N) is 1. The van der Waals surface area contributed by atoms with Crippen LogP contribution in [0.4, 0.5) is 5.69 Å². The Morgan fingerprint density at radius 3 is 2.13 bits per heavy atom. The number of hydrogen-bond acceptors (Lipinski definition) is 5. The molecule has 3 rings (SSSR count). The summed E-state index contributed by atoms with van der Waals surface area (Å²) in [5.41, 5.74) is 2.26. The van der Waals surface area contributed by atoms with Crippen molar-refractivity contribution in [1.82, 2.24) is 10.2 Å². The molecule has 1 unspecified atom stereocenters. The second-order valence-electron chi connectivity index (χ2n) is 10.0. The average molecular weight is 554 g/mol. The van der Waals surface area contributed by atoms with Crippen molar-refractivity contribution >= 4 is 40.9 Å². The maximum atomic E-state index is 13.7. The number of benzene rings is 3. The van der Waals surface area contributed by atoms with Crippen molar-refractivity contribution in [2.45, 2.75) is 51.1 Å². The summed E-state index contributed by atoms with van der Waals surface area (Å²) in [7, 11) is 0. The SMILES string of the molecule is CC(C)(C)NC(=O)C(Cc1ccccc1)N(Cc1ccc(Cl)cc1)C(=O)CSCc1ccc([N+](=O)[O-])cc1. The number of nitro groups is 1. The number of carbonyl (C=O) groups is 2. The third-order valence-corrected chi connectivity index (χ3v) is 6.92. The van der Waals surface area contributed by atoms with Gasteiger partial charge in [0.2, 0.25) is 11.8 Å². The number of nitrogens with zero attached hydrogens (tertiary/aromatic N) is 2. The van der Waals surface area contributed by atoms with Gasteiger partial charge >= 0.3 is 0 Å². The topological polar surface area (TPSA) is 92.6 Å². The second kappa shape index (κ2) is 13.4. The molecular weight excluding hydrogens is 522 g/mol. The number of carbonyl (C=O) groups excluding carboxylic acids is 2. The minimum Gasteiger partial charge on any atom is -0.350 e. The van der Waals surface area contributed by atoms with Crippen LogP contribution in [0.25, 0.3) is 0 Å². The van der Waals surface area contributed by atoms with Crippen molar-refractivity contribution < 1.29 is 14.5 Å². The maximum Gasteiger partial charge on any atom is 0.269 e. The Labute approximate surface area is 232 Å². The van der Waals surface area contributed by atoms with Crippen molar-refractivity contribution in [3.8, 4) is 0 Å². The van der Waals surface area contributed by atoms with Crippen molar-refractivity contribution in [2.24, 2.45) is 0 Å². The van der Waals surface area contributed by atoms with Crippen LogP contribution in [0.3, 0.4) is 0 Å². The first-order valence-electron chi connectivity index (χ1n) is 12.2. The van der Waals surface area contributed by atoms with Crippen LogP contribution in [-0.4, -0.2) is 39.0 Å². The highest BCUT2D eigenvalue weighted by atomic mass is 35.5. The summed E-state index contributed by atoms with van der Waals surface area (Å²) in [5.74, 6) is 0.273. The number of thioether (sulfide) groups is 1. The fourth-order valence-electron chi connectivity index (χ4n) is 3.85. The largest absolute Gasteiger partial charge is 0.350 e. The highest BCUT2D eigenvalue weighted by Crippen LogP contribution is 2.21. The van der Waals surface area contributed by atoms with E-state index in [1.165, 1.54) is 23.9 Å². The van der Waals surface area contributed by atoms with Gasteiger partial charge in [-0.25, -0.2) is 0 Å². The van der Waals surface area contributed by atoms with E-state index in [9.17, 15) is 19.7 Å². The van der Waals surface area contributed by atoms with Gasteiger partial charge in [-0.3, -0.25) is 19.7 Å². The van der Waals surface area contributed by atoms with E-state index >= 15 is 0 Å². The fourth-order valence-corrected chi connectivity index (χ4v) is 4.84. The Morgan fingerprint density at radius 2 is 1.55 bits per heavy atom. The maximum absolute atomic E-state index is 13.7. The van der Waals surface area contributed by atoms with Crippen LogP contribution in [0, 0.1) is 10.1 Å². The van der Waals surface area contributed by atoms with E-state index in [-0.39, 0.29) is 29.8 Å². The van der Waals surface area contributed by atoms with Crippen LogP contribution in [0.15, 0.2) is 78.9 Å². The molecule has 0 saturated carbocycles. The quantitative estimate of drug-likeness (QED) is 0.231. The minimum absolute atomic E-state index is 0.0255. The number of hydrogen-bond donors (Lipinski definition) is 1. The van der Waals surface area contributed by atoms with Crippen LogP contribution in [-0.2, 0) is 28.3 Å². The van der Waals surface area contributed by atoms with Gasteiger partial charge in [-0.05, 0) is 49.6 Å². The van der Waals surface area contributed by atoms with E-state index in [4.69, 9.17) is 11.6 Å². The van der Waals surface area contributed by atoms with Crippen LogP contribution < -0.4 is 5.32 Å². The third-order valence-electron chi connectivity index (χ3n) is 5.68. The van der Waals surface area contributed by atoms with Crippen molar-refractivity contribution in [3.05, 3.63) is 111 Å². The molecule has 3 aromatic rings. The molecule has 0 saturated heterocycles.